The van der Waals surface area contributed by atoms with Crippen molar-refractivity contribution in [2.75, 3.05) is 27.2 Å². The van der Waals surface area contributed by atoms with Crippen LogP contribution in [-0.2, 0) is 16.6 Å². The summed E-state index contributed by atoms with van der Waals surface area (Å²) in [7, 11) is 0.606. The lowest BCUT2D eigenvalue weighted by molar-refractivity contribution is 0.190. The molecule has 0 spiro atoms. The second kappa shape index (κ2) is 6.22. The Morgan fingerprint density at radius 1 is 1.30 bits per heavy atom. The van der Waals surface area contributed by atoms with Gasteiger partial charge in [-0.1, -0.05) is 12.1 Å². The van der Waals surface area contributed by atoms with E-state index in [0.29, 0.717) is 30.6 Å². The van der Waals surface area contributed by atoms with Crippen molar-refractivity contribution in [3.8, 4) is 0 Å². The fourth-order valence-electron chi connectivity index (χ4n) is 2.51. The van der Waals surface area contributed by atoms with Gasteiger partial charge in [-0.25, -0.2) is 8.42 Å². The van der Waals surface area contributed by atoms with Crippen molar-refractivity contribution < 1.29 is 8.42 Å². The van der Waals surface area contributed by atoms with Crippen molar-refractivity contribution >= 4 is 10.0 Å². The molecule has 1 fully saturated rings. The van der Waals surface area contributed by atoms with Gasteiger partial charge in [-0.3, -0.25) is 0 Å². The summed E-state index contributed by atoms with van der Waals surface area (Å²) in [4.78, 5) is 2.45. The minimum absolute atomic E-state index is 0.293. The van der Waals surface area contributed by atoms with E-state index >= 15 is 0 Å². The Labute approximate surface area is 121 Å². The molecule has 20 heavy (non-hydrogen) atoms. The largest absolute Gasteiger partial charge is 0.326 e. The summed E-state index contributed by atoms with van der Waals surface area (Å²) in [5, 5.41) is 0. The van der Waals surface area contributed by atoms with Gasteiger partial charge in [0.15, 0.2) is 0 Å². The Kier molecular flexibility index (Phi) is 4.80. The van der Waals surface area contributed by atoms with Crippen molar-refractivity contribution in [3.05, 3.63) is 29.8 Å². The van der Waals surface area contributed by atoms with E-state index < -0.39 is 10.0 Å². The first kappa shape index (κ1) is 15.4. The van der Waals surface area contributed by atoms with E-state index in [2.05, 4.69) is 4.90 Å². The van der Waals surface area contributed by atoms with Crippen LogP contribution in [0, 0.1) is 0 Å². The highest BCUT2D eigenvalue weighted by molar-refractivity contribution is 7.89. The molecule has 2 rings (SSSR count). The summed E-state index contributed by atoms with van der Waals surface area (Å²) in [6.45, 7) is 1.59. The van der Waals surface area contributed by atoms with Crippen molar-refractivity contribution in [1.29, 1.82) is 0 Å². The zero-order valence-corrected chi connectivity index (χ0v) is 12.9. The lowest BCUT2D eigenvalue weighted by Crippen LogP contribution is -2.47. The van der Waals surface area contributed by atoms with Gasteiger partial charge in [0.1, 0.15) is 0 Å². The minimum Gasteiger partial charge on any atom is -0.326 e. The van der Waals surface area contributed by atoms with Crippen LogP contribution < -0.4 is 5.73 Å². The van der Waals surface area contributed by atoms with E-state index in [1.54, 1.807) is 28.6 Å². The fraction of sp³-hybridized carbons (Fsp3) is 0.571. The molecule has 1 heterocycles. The second-order valence-corrected chi connectivity index (χ2v) is 7.41. The zero-order valence-electron chi connectivity index (χ0n) is 12.1. The molecule has 0 aliphatic carbocycles. The number of rotatable bonds is 4. The number of piperidine rings is 1. The number of sulfonamides is 1. The zero-order chi connectivity index (χ0) is 14.8. The van der Waals surface area contributed by atoms with Crippen LogP contribution in [0.15, 0.2) is 29.2 Å². The average Bonchev–Trinajstić information content (AvgIpc) is 2.47. The molecule has 1 aliphatic heterocycles. The molecule has 0 bridgehead atoms. The van der Waals surface area contributed by atoms with Crippen molar-refractivity contribution in [2.45, 2.75) is 30.3 Å². The highest BCUT2D eigenvalue weighted by Crippen LogP contribution is 2.22. The lowest BCUT2D eigenvalue weighted by Gasteiger charge is -2.35. The van der Waals surface area contributed by atoms with Gasteiger partial charge in [0.25, 0.3) is 0 Å². The summed E-state index contributed by atoms with van der Waals surface area (Å²) >= 11 is 0. The molecular weight excluding hydrogens is 274 g/mol. The van der Waals surface area contributed by atoms with E-state index in [1.165, 1.54) is 0 Å². The maximum Gasteiger partial charge on any atom is 0.243 e. The standard InChI is InChI=1S/C14H23N3O2S/c1-16(2)13-4-3-9-17(11-13)20(18,19)14-7-5-12(10-15)6-8-14/h5-8,13H,3-4,9-11,15H2,1-2H3. The number of likely N-dealkylation sites (N-methyl/N-ethyl adjacent to an activating group) is 1. The van der Waals surface area contributed by atoms with Crippen LogP contribution >= 0.6 is 0 Å². The second-order valence-electron chi connectivity index (χ2n) is 5.47. The maximum atomic E-state index is 12.6. The number of nitrogens with two attached hydrogens (primary N) is 1. The third-order valence-electron chi connectivity index (χ3n) is 3.89. The molecule has 112 valence electrons. The minimum atomic E-state index is -3.39. The monoisotopic (exact) mass is 297 g/mol. The average molecular weight is 297 g/mol. The molecule has 0 amide bonds. The number of benzene rings is 1. The molecule has 6 heteroatoms. The van der Waals surface area contributed by atoms with Gasteiger partial charge in [-0.2, -0.15) is 4.31 Å². The predicted molar refractivity (Wildman–Crippen MR) is 79.8 cm³/mol. The van der Waals surface area contributed by atoms with Crippen molar-refractivity contribution in [3.63, 3.8) is 0 Å². The third kappa shape index (κ3) is 3.20. The molecule has 1 aromatic carbocycles. The predicted octanol–water partition coefficient (Wildman–Crippen LogP) is 0.860. The topological polar surface area (TPSA) is 66.6 Å². The number of hydrogen-bond acceptors (Lipinski definition) is 4. The van der Waals surface area contributed by atoms with Crippen LogP contribution in [0.4, 0.5) is 0 Å². The van der Waals surface area contributed by atoms with Gasteiger partial charge in [-0.15, -0.1) is 0 Å². The van der Waals surface area contributed by atoms with Gasteiger partial charge < -0.3 is 10.6 Å². The normalized spacial score (nSPS) is 21.3. The quantitative estimate of drug-likeness (QED) is 0.895. The summed E-state index contributed by atoms with van der Waals surface area (Å²) in [6.07, 6.45) is 1.95. The first-order valence-corrected chi connectivity index (χ1v) is 8.34. The smallest absolute Gasteiger partial charge is 0.243 e. The molecule has 1 unspecified atom stereocenters. The Bertz CT molecular complexity index is 540. The first-order chi connectivity index (χ1) is 9.45. The van der Waals surface area contributed by atoms with E-state index in [-0.39, 0.29) is 0 Å². The molecule has 1 saturated heterocycles. The summed E-state index contributed by atoms with van der Waals surface area (Å²) in [5.41, 5.74) is 6.48. The maximum absolute atomic E-state index is 12.6. The van der Waals surface area contributed by atoms with Crippen LogP contribution in [0.2, 0.25) is 0 Å². The fourth-order valence-corrected chi connectivity index (χ4v) is 4.02. The highest BCUT2D eigenvalue weighted by Gasteiger charge is 2.30. The number of hydrogen-bond donors (Lipinski definition) is 1. The van der Waals surface area contributed by atoms with Crippen LogP contribution in [0.1, 0.15) is 18.4 Å². The van der Waals surface area contributed by atoms with Crippen LogP contribution in [0.5, 0.6) is 0 Å². The van der Waals surface area contributed by atoms with Gasteiger partial charge in [0.2, 0.25) is 10.0 Å². The summed E-state index contributed by atoms with van der Waals surface area (Å²) in [6, 6.07) is 7.15. The van der Waals surface area contributed by atoms with Crippen molar-refractivity contribution in [1.82, 2.24) is 9.21 Å². The first-order valence-electron chi connectivity index (χ1n) is 6.90. The van der Waals surface area contributed by atoms with E-state index in [9.17, 15) is 8.42 Å². The van der Waals surface area contributed by atoms with E-state index in [0.717, 1.165) is 18.4 Å². The van der Waals surface area contributed by atoms with Crippen LogP contribution in [0.3, 0.4) is 0 Å². The molecule has 1 aromatic rings. The molecule has 0 saturated carbocycles. The summed E-state index contributed by atoms with van der Waals surface area (Å²) in [5.74, 6) is 0. The lowest BCUT2D eigenvalue weighted by atomic mass is 10.1. The van der Waals surface area contributed by atoms with Gasteiger partial charge in [-0.05, 0) is 44.6 Å². The van der Waals surface area contributed by atoms with Crippen LogP contribution in [0.25, 0.3) is 0 Å². The van der Waals surface area contributed by atoms with E-state index in [4.69, 9.17) is 5.73 Å². The molecule has 0 radical (unpaired) electrons. The summed E-state index contributed by atoms with van der Waals surface area (Å²) < 4.78 is 26.9. The van der Waals surface area contributed by atoms with Gasteiger partial charge in [0.05, 0.1) is 4.90 Å². The van der Waals surface area contributed by atoms with Gasteiger partial charge >= 0.3 is 0 Å². The molecule has 0 aromatic heterocycles. The molecular formula is C14H23N3O2S. The SMILES string of the molecule is CN(C)C1CCCN(S(=O)(=O)c2ccc(CN)cc2)C1. The molecule has 1 aliphatic rings. The highest BCUT2D eigenvalue weighted by atomic mass is 32.2. The Balaban J connectivity index is 2.20. The third-order valence-corrected chi connectivity index (χ3v) is 5.77. The molecule has 1 atom stereocenters. The molecule has 5 nitrogen and oxygen atoms in total. The Hall–Kier alpha value is -0.950. The Morgan fingerprint density at radius 3 is 2.50 bits per heavy atom. The number of nitrogens with zero attached hydrogens (tertiary/aromatic N) is 2. The van der Waals surface area contributed by atoms with Crippen molar-refractivity contribution in [2.24, 2.45) is 5.73 Å². The van der Waals surface area contributed by atoms with Crippen LogP contribution in [-0.4, -0.2) is 50.8 Å². The molecule has 2 N–H and O–H groups in total. The van der Waals surface area contributed by atoms with Gasteiger partial charge in [0, 0.05) is 25.7 Å². The Morgan fingerprint density at radius 2 is 1.95 bits per heavy atom. The van der Waals surface area contributed by atoms with E-state index in [1.807, 2.05) is 14.1 Å².